The van der Waals surface area contributed by atoms with Gasteiger partial charge in [-0.3, -0.25) is 4.79 Å². The van der Waals surface area contributed by atoms with Gasteiger partial charge in [-0.15, -0.1) is 0 Å². The molecule has 0 fully saturated rings. The SMILES string of the molecule is Bc1c(OC)ccc(C(C)=O)c1N. The number of nitrogens with two attached hydrogens (primary N) is 1. The van der Waals surface area contributed by atoms with Gasteiger partial charge in [0.2, 0.25) is 0 Å². The first-order chi connectivity index (χ1) is 6.07. The number of hydrogen-bond donors (Lipinski definition) is 1. The van der Waals surface area contributed by atoms with Gasteiger partial charge in [0.1, 0.15) is 13.6 Å². The number of Topliss-reactive ketones (excluding diaryl/α,β-unsaturated/α-hetero) is 1. The van der Waals surface area contributed by atoms with E-state index in [1.807, 2.05) is 7.85 Å². The summed E-state index contributed by atoms with van der Waals surface area (Å²) in [6, 6.07) is 3.44. The minimum atomic E-state index is -0.0248. The van der Waals surface area contributed by atoms with Gasteiger partial charge in [-0.25, -0.2) is 0 Å². The molecular formula is C9H12BNO2. The van der Waals surface area contributed by atoms with E-state index in [1.165, 1.54) is 6.92 Å². The van der Waals surface area contributed by atoms with Crippen molar-refractivity contribution in [2.45, 2.75) is 6.92 Å². The molecule has 1 rings (SSSR count). The predicted molar refractivity (Wildman–Crippen MR) is 55.6 cm³/mol. The number of carbonyl (C=O) groups excluding carboxylic acids is 1. The summed E-state index contributed by atoms with van der Waals surface area (Å²) in [5, 5.41) is 0. The number of anilines is 1. The van der Waals surface area contributed by atoms with Crippen molar-refractivity contribution < 1.29 is 9.53 Å². The van der Waals surface area contributed by atoms with Crippen molar-refractivity contribution in [2.75, 3.05) is 12.8 Å². The Kier molecular flexibility index (Phi) is 2.61. The number of rotatable bonds is 2. The molecular weight excluding hydrogens is 165 g/mol. The number of methoxy groups -OCH3 is 1. The molecule has 0 heterocycles. The van der Waals surface area contributed by atoms with Crippen LogP contribution in [-0.4, -0.2) is 20.7 Å². The van der Waals surface area contributed by atoms with Gasteiger partial charge in [-0.05, 0) is 24.5 Å². The van der Waals surface area contributed by atoms with E-state index >= 15 is 0 Å². The Balaban J connectivity index is 3.31. The van der Waals surface area contributed by atoms with Crippen molar-refractivity contribution in [3.8, 4) is 5.75 Å². The Labute approximate surface area is 78.3 Å². The van der Waals surface area contributed by atoms with Crippen LogP contribution >= 0.6 is 0 Å². The predicted octanol–water partition coefficient (Wildman–Crippen LogP) is -0.262. The average Bonchev–Trinajstić information content (AvgIpc) is 2.09. The van der Waals surface area contributed by atoms with E-state index in [-0.39, 0.29) is 5.78 Å². The van der Waals surface area contributed by atoms with Crippen LogP contribution in [0.3, 0.4) is 0 Å². The zero-order valence-electron chi connectivity index (χ0n) is 8.05. The molecule has 68 valence electrons. The molecule has 0 aliphatic heterocycles. The molecule has 0 bridgehead atoms. The summed E-state index contributed by atoms with van der Waals surface area (Å²) in [7, 11) is 3.41. The molecule has 2 N–H and O–H groups in total. The fraction of sp³-hybridized carbons (Fsp3) is 0.222. The van der Waals surface area contributed by atoms with E-state index < -0.39 is 0 Å². The second-order valence-electron chi connectivity index (χ2n) is 2.91. The maximum Gasteiger partial charge on any atom is 0.161 e. The molecule has 0 aliphatic carbocycles. The van der Waals surface area contributed by atoms with Crippen LogP contribution in [0.5, 0.6) is 5.75 Å². The van der Waals surface area contributed by atoms with Gasteiger partial charge >= 0.3 is 0 Å². The first-order valence-corrected chi connectivity index (χ1v) is 4.02. The third-order valence-electron chi connectivity index (χ3n) is 2.06. The van der Waals surface area contributed by atoms with Gasteiger partial charge in [-0.2, -0.15) is 0 Å². The fourth-order valence-electron chi connectivity index (χ4n) is 1.24. The number of hydrogen-bond acceptors (Lipinski definition) is 3. The van der Waals surface area contributed by atoms with Gasteiger partial charge in [-0.1, -0.05) is 0 Å². The first kappa shape index (κ1) is 9.64. The lowest BCUT2D eigenvalue weighted by atomic mass is 9.89. The fourth-order valence-corrected chi connectivity index (χ4v) is 1.24. The number of ether oxygens (including phenoxy) is 1. The maximum atomic E-state index is 11.1. The lowest BCUT2D eigenvalue weighted by Gasteiger charge is -2.10. The van der Waals surface area contributed by atoms with Crippen LogP contribution < -0.4 is 15.9 Å². The zero-order valence-corrected chi connectivity index (χ0v) is 8.05. The van der Waals surface area contributed by atoms with Gasteiger partial charge in [0.25, 0.3) is 0 Å². The van der Waals surface area contributed by atoms with Crippen LogP contribution in [0.15, 0.2) is 12.1 Å². The Morgan fingerprint density at radius 3 is 2.62 bits per heavy atom. The lowest BCUT2D eigenvalue weighted by Crippen LogP contribution is -2.16. The van der Waals surface area contributed by atoms with Gasteiger partial charge < -0.3 is 10.5 Å². The van der Waals surface area contributed by atoms with E-state index in [9.17, 15) is 4.79 Å². The maximum absolute atomic E-state index is 11.1. The summed E-state index contributed by atoms with van der Waals surface area (Å²) in [4.78, 5) is 11.1. The molecule has 1 aromatic carbocycles. The van der Waals surface area contributed by atoms with Crippen LogP contribution in [-0.2, 0) is 0 Å². The summed E-state index contributed by atoms with van der Waals surface area (Å²) >= 11 is 0. The molecule has 0 amide bonds. The van der Waals surface area contributed by atoms with E-state index in [0.29, 0.717) is 17.0 Å². The van der Waals surface area contributed by atoms with Crippen molar-refractivity contribution in [3.63, 3.8) is 0 Å². The van der Waals surface area contributed by atoms with Crippen LogP contribution in [0.25, 0.3) is 0 Å². The van der Waals surface area contributed by atoms with Crippen molar-refractivity contribution >= 4 is 24.8 Å². The van der Waals surface area contributed by atoms with Crippen LogP contribution in [0.1, 0.15) is 17.3 Å². The van der Waals surface area contributed by atoms with Crippen LogP contribution in [0, 0.1) is 0 Å². The summed E-state index contributed by atoms with van der Waals surface area (Å²) < 4.78 is 5.07. The van der Waals surface area contributed by atoms with Gasteiger partial charge in [0.15, 0.2) is 5.78 Å². The quantitative estimate of drug-likeness (QED) is 0.384. The molecule has 0 aliphatic rings. The molecule has 0 atom stereocenters. The highest BCUT2D eigenvalue weighted by Crippen LogP contribution is 2.16. The standard InChI is InChI=1S/C9H12BNO2/c1-5(12)6-3-4-7(13-2)8(10)9(6)11/h3-4H,10-11H2,1-2H3. The normalized spacial score (nSPS) is 9.69. The van der Waals surface area contributed by atoms with E-state index in [1.54, 1.807) is 19.2 Å². The zero-order chi connectivity index (χ0) is 10.0. The number of carbonyl (C=O) groups is 1. The monoisotopic (exact) mass is 177 g/mol. The Bertz CT molecular complexity index is 350. The van der Waals surface area contributed by atoms with Crippen molar-refractivity contribution in [1.29, 1.82) is 0 Å². The molecule has 0 unspecified atom stereocenters. The van der Waals surface area contributed by atoms with E-state index in [4.69, 9.17) is 10.5 Å². The average molecular weight is 177 g/mol. The molecule has 0 saturated heterocycles. The number of ketones is 1. The smallest absolute Gasteiger partial charge is 0.161 e. The molecule has 1 aromatic rings. The molecule has 0 saturated carbocycles. The highest BCUT2D eigenvalue weighted by molar-refractivity contribution is 6.38. The molecule has 0 aromatic heterocycles. The van der Waals surface area contributed by atoms with Gasteiger partial charge in [0, 0.05) is 11.3 Å². The third kappa shape index (κ3) is 1.66. The number of benzene rings is 1. The minimum absolute atomic E-state index is 0.0248. The third-order valence-corrected chi connectivity index (χ3v) is 2.06. The van der Waals surface area contributed by atoms with Crippen molar-refractivity contribution in [2.24, 2.45) is 0 Å². The summed E-state index contributed by atoms with van der Waals surface area (Å²) in [5.41, 5.74) is 7.63. The Morgan fingerprint density at radius 1 is 1.54 bits per heavy atom. The molecule has 4 heteroatoms. The highest BCUT2D eigenvalue weighted by Gasteiger charge is 2.09. The Hall–Kier alpha value is -1.45. The molecule has 13 heavy (non-hydrogen) atoms. The molecule has 0 radical (unpaired) electrons. The molecule has 0 spiro atoms. The summed E-state index contributed by atoms with van der Waals surface area (Å²) in [6.45, 7) is 1.50. The second-order valence-corrected chi connectivity index (χ2v) is 2.91. The van der Waals surface area contributed by atoms with Gasteiger partial charge in [0.05, 0.1) is 7.11 Å². The van der Waals surface area contributed by atoms with Crippen molar-refractivity contribution in [3.05, 3.63) is 17.7 Å². The summed E-state index contributed by atoms with van der Waals surface area (Å²) in [5.74, 6) is 0.686. The summed E-state index contributed by atoms with van der Waals surface area (Å²) in [6.07, 6.45) is 0. The second kappa shape index (κ2) is 3.52. The van der Waals surface area contributed by atoms with Crippen LogP contribution in [0.2, 0.25) is 0 Å². The topological polar surface area (TPSA) is 52.3 Å². The van der Waals surface area contributed by atoms with E-state index in [2.05, 4.69) is 0 Å². The molecule has 3 nitrogen and oxygen atoms in total. The lowest BCUT2D eigenvalue weighted by molar-refractivity contribution is 0.101. The van der Waals surface area contributed by atoms with E-state index in [0.717, 1.165) is 5.46 Å². The minimum Gasteiger partial charge on any atom is -0.497 e. The number of nitrogen functional groups attached to an aromatic ring is 1. The first-order valence-electron chi connectivity index (χ1n) is 4.02. The Morgan fingerprint density at radius 2 is 2.15 bits per heavy atom. The van der Waals surface area contributed by atoms with Crippen LogP contribution in [0.4, 0.5) is 5.69 Å². The largest absolute Gasteiger partial charge is 0.497 e. The highest BCUT2D eigenvalue weighted by atomic mass is 16.5. The van der Waals surface area contributed by atoms with Crippen molar-refractivity contribution in [1.82, 2.24) is 0 Å².